The quantitative estimate of drug-likeness (QED) is 0.654. The summed E-state index contributed by atoms with van der Waals surface area (Å²) in [5.74, 6) is 0.954. The lowest BCUT2D eigenvalue weighted by atomic mass is 10.1. The molecule has 1 N–H and O–H groups in total. The van der Waals surface area contributed by atoms with Gasteiger partial charge in [-0.25, -0.2) is 8.42 Å². The molecule has 0 radical (unpaired) electrons. The van der Waals surface area contributed by atoms with Gasteiger partial charge in [0.2, 0.25) is 0 Å². The highest BCUT2D eigenvalue weighted by molar-refractivity contribution is 7.90. The number of hydrogen-bond donors (Lipinski definition) is 1. The monoisotopic (exact) mass is 360 g/mol. The van der Waals surface area contributed by atoms with Crippen molar-refractivity contribution < 1.29 is 13.2 Å². The van der Waals surface area contributed by atoms with Crippen LogP contribution in [0, 0.1) is 0 Å². The number of sulfonamides is 1. The second-order valence-corrected chi connectivity index (χ2v) is 8.19. The normalized spacial score (nSPS) is 12.7. The molecule has 134 valence electrons. The van der Waals surface area contributed by atoms with Gasteiger partial charge in [-0.3, -0.25) is 9.71 Å². The maximum Gasteiger partial charge on any atom is 0.263 e. The van der Waals surface area contributed by atoms with Gasteiger partial charge in [0.25, 0.3) is 10.0 Å². The molecule has 2 rings (SSSR count). The molecule has 2 aromatic carbocycles. The molecule has 0 spiro atoms. The molecule has 0 aliphatic heterocycles. The zero-order valence-corrected chi connectivity index (χ0v) is 15.8. The minimum Gasteiger partial charge on any atom is -0.494 e. The minimum atomic E-state index is -3.75. The van der Waals surface area contributed by atoms with Crippen LogP contribution in [0.5, 0.6) is 5.75 Å². The highest BCUT2D eigenvalue weighted by atomic mass is 32.2. The van der Waals surface area contributed by atoms with E-state index >= 15 is 0 Å². The van der Waals surface area contributed by atoms with E-state index in [0.29, 0.717) is 23.8 Å². The molecule has 5 nitrogen and oxygen atoms in total. The van der Waals surface area contributed by atoms with Crippen molar-refractivity contribution in [2.75, 3.05) is 6.61 Å². The summed E-state index contributed by atoms with van der Waals surface area (Å²) in [6.07, 6.45) is 0. The van der Waals surface area contributed by atoms with Crippen LogP contribution in [0.25, 0.3) is 0 Å². The number of hydrogen-bond acceptors (Lipinski definition) is 4. The molecular formula is C19H24N2O3S. The lowest BCUT2D eigenvalue weighted by molar-refractivity contribution is 0.340. The summed E-state index contributed by atoms with van der Waals surface area (Å²) in [5, 5.41) is 0. The van der Waals surface area contributed by atoms with Crippen LogP contribution in [0.1, 0.15) is 33.3 Å². The molecule has 0 unspecified atom stereocenters. The van der Waals surface area contributed by atoms with Crippen LogP contribution in [0.3, 0.4) is 0 Å². The topological polar surface area (TPSA) is 67.8 Å². The molecule has 0 aliphatic rings. The van der Waals surface area contributed by atoms with Crippen molar-refractivity contribution in [1.29, 1.82) is 0 Å². The summed E-state index contributed by atoms with van der Waals surface area (Å²) in [7, 11) is -3.75. The summed E-state index contributed by atoms with van der Waals surface area (Å²) in [6.45, 7) is 8.16. The number of rotatable bonds is 5. The molecule has 0 saturated carbocycles. The van der Waals surface area contributed by atoms with E-state index in [-0.39, 0.29) is 4.90 Å². The second-order valence-electron chi connectivity index (χ2n) is 6.51. The standard InChI is InChI=1S/C19H24N2O3S/c1-5-24-16-11-13-17(14-12-16)25(22,23)21-18(20-19(2,3)4)15-9-7-6-8-10-15/h6-14H,5H2,1-4H3,(H,20,21). The Balaban J connectivity index is 2.35. The van der Waals surface area contributed by atoms with Crippen LogP contribution >= 0.6 is 0 Å². The molecule has 0 heterocycles. The summed E-state index contributed by atoms with van der Waals surface area (Å²) in [6, 6.07) is 15.5. The number of amidine groups is 1. The Bertz CT molecular complexity index is 821. The number of benzene rings is 2. The van der Waals surface area contributed by atoms with Crippen molar-refractivity contribution in [1.82, 2.24) is 4.72 Å². The van der Waals surface area contributed by atoms with E-state index in [4.69, 9.17) is 4.74 Å². The van der Waals surface area contributed by atoms with Gasteiger partial charge in [-0.2, -0.15) is 0 Å². The van der Waals surface area contributed by atoms with E-state index in [1.54, 1.807) is 12.1 Å². The van der Waals surface area contributed by atoms with Crippen LogP contribution in [-0.2, 0) is 10.0 Å². The predicted octanol–water partition coefficient (Wildman–Crippen LogP) is 3.61. The Labute approximate surface area is 149 Å². The summed E-state index contributed by atoms with van der Waals surface area (Å²) >= 11 is 0. The SMILES string of the molecule is CCOc1ccc(S(=O)(=O)NC(=NC(C)(C)C)c2ccccc2)cc1. The van der Waals surface area contributed by atoms with Gasteiger partial charge in [-0.1, -0.05) is 30.3 Å². The van der Waals surface area contributed by atoms with Gasteiger partial charge in [0.15, 0.2) is 0 Å². The highest BCUT2D eigenvalue weighted by Gasteiger charge is 2.20. The number of ether oxygens (including phenoxy) is 1. The third-order valence-electron chi connectivity index (χ3n) is 3.17. The molecule has 0 aromatic heterocycles. The van der Waals surface area contributed by atoms with Crippen LogP contribution < -0.4 is 9.46 Å². The maximum absolute atomic E-state index is 12.7. The molecule has 0 bridgehead atoms. The molecule has 0 saturated heterocycles. The van der Waals surface area contributed by atoms with E-state index in [1.165, 1.54) is 12.1 Å². The van der Waals surface area contributed by atoms with Crippen LogP contribution in [0.4, 0.5) is 0 Å². The molecule has 25 heavy (non-hydrogen) atoms. The van der Waals surface area contributed by atoms with E-state index in [1.807, 2.05) is 58.0 Å². The zero-order valence-electron chi connectivity index (χ0n) is 15.0. The summed E-state index contributed by atoms with van der Waals surface area (Å²) in [5.41, 5.74) is 0.291. The van der Waals surface area contributed by atoms with Gasteiger partial charge in [0.1, 0.15) is 11.6 Å². The van der Waals surface area contributed by atoms with Gasteiger partial charge < -0.3 is 4.74 Å². The van der Waals surface area contributed by atoms with E-state index in [2.05, 4.69) is 9.71 Å². The van der Waals surface area contributed by atoms with Gasteiger partial charge in [0, 0.05) is 5.56 Å². The molecular weight excluding hydrogens is 336 g/mol. The third kappa shape index (κ3) is 5.60. The first-order valence-electron chi connectivity index (χ1n) is 8.12. The van der Waals surface area contributed by atoms with Gasteiger partial charge in [-0.15, -0.1) is 0 Å². The van der Waals surface area contributed by atoms with E-state index in [9.17, 15) is 8.42 Å². The predicted molar refractivity (Wildman–Crippen MR) is 101 cm³/mol. The molecule has 2 aromatic rings. The Morgan fingerprint density at radius 3 is 2.16 bits per heavy atom. The fourth-order valence-electron chi connectivity index (χ4n) is 2.15. The van der Waals surface area contributed by atoms with Gasteiger partial charge >= 0.3 is 0 Å². The average Bonchev–Trinajstić information content (AvgIpc) is 2.54. The smallest absolute Gasteiger partial charge is 0.263 e. The second kappa shape index (κ2) is 7.70. The molecule has 0 atom stereocenters. The molecule has 0 aliphatic carbocycles. The van der Waals surface area contributed by atoms with Crippen LogP contribution in [-0.4, -0.2) is 26.4 Å². The average molecular weight is 360 g/mol. The Hall–Kier alpha value is -2.34. The summed E-state index contributed by atoms with van der Waals surface area (Å²) < 4.78 is 33.4. The maximum atomic E-state index is 12.7. The van der Waals surface area contributed by atoms with Crippen molar-refractivity contribution in [3.05, 3.63) is 60.2 Å². The fourth-order valence-corrected chi connectivity index (χ4v) is 3.18. The van der Waals surface area contributed by atoms with E-state index < -0.39 is 15.6 Å². The first kappa shape index (κ1) is 19.0. The molecule has 0 amide bonds. The molecule has 6 heteroatoms. The lowest BCUT2D eigenvalue weighted by Gasteiger charge is -2.18. The van der Waals surface area contributed by atoms with Crippen molar-refractivity contribution >= 4 is 15.9 Å². The van der Waals surface area contributed by atoms with Gasteiger partial charge in [-0.05, 0) is 52.0 Å². The Morgan fingerprint density at radius 1 is 1.04 bits per heavy atom. The Morgan fingerprint density at radius 2 is 1.64 bits per heavy atom. The lowest BCUT2D eigenvalue weighted by Crippen LogP contribution is -2.33. The largest absolute Gasteiger partial charge is 0.494 e. The summed E-state index contributed by atoms with van der Waals surface area (Å²) in [4.78, 5) is 4.70. The van der Waals surface area contributed by atoms with Crippen molar-refractivity contribution in [3.8, 4) is 5.75 Å². The van der Waals surface area contributed by atoms with Gasteiger partial charge in [0.05, 0.1) is 17.0 Å². The van der Waals surface area contributed by atoms with Crippen molar-refractivity contribution in [2.45, 2.75) is 38.1 Å². The first-order chi connectivity index (χ1) is 11.7. The minimum absolute atomic E-state index is 0.161. The third-order valence-corrected chi connectivity index (χ3v) is 4.53. The zero-order chi connectivity index (χ0) is 18.5. The number of aliphatic imine (C=N–C) groups is 1. The van der Waals surface area contributed by atoms with Crippen LogP contribution in [0.2, 0.25) is 0 Å². The highest BCUT2D eigenvalue weighted by Crippen LogP contribution is 2.17. The van der Waals surface area contributed by atoms with Crippen molar-refractivity contribution in [2.24, 2.45) is 4.99 Å². The fraction of sp³-hybridized carbons (Fsp3) is 0.316. The molecule has 0 fully saturated rings. The number of nitrogens with one attached hydrogen (secondary N) is 1. The number of nitrogens with zero attached hydrogens (tertiary/aromatic N) is 1. The Kier molecular flexibility index (Phi) is 5.85. The van der Waals surface area contributed by atoms with Crippen molar-refractivity contribution in [3.63, 3.8) is 0 Å². The van der Waals surface area contributed by atoms with E-state index in [0.717, 1.165) is 0 Å². The van der Waals surface area contributed by atoms with Crippen LogP contribution in [0.15, 0.2) is 64.5 Å². The first-order valence-corrected chi connectivity index (χ1v) is 9.60.